The first-order chi connectivity index (χ1) is 10.8. The van der Waals surface area contributed by atoms with Gasteiger partial charge in [-0.2, -0.15) is 0 Å². The number of benzene rings is 2. The highest BCUT2D eigenvalue weighted by atomic mass is 16.7. The van der Waals surface area contributed by atoms with E-state index < -0.39 is 0 Å². The molecule has 1 aliphatic heterocycles. The highest BCUT2D eigenvalue weighted by Crippen LogP contribution is 2.37. The summed E-state index contributed by atoms with van der Waals surface area (Å²) < 4.78 is 16.7. The number of hydrogen-bond acceptors (Lipinski definition) is 4. The predicted octanol–water partition coefficient (Wildman–Crippen LogP) is 3.75. The molecule has 0 saturated heterocycles. The van der Waals surface area contributed by atoms with Crippen LogP contribution in [-0.4, -0.2) is 18.5 Å². The van der Waals surface area contributed by atoms with Gasteiger partial charge in [-0.15, -0.1) is 0 Å². The summed E-state index contributed by atoms with van der Waals surface area (Å²) in [6.07, 6.45) is 1.65. The van der Waals surface area contributed by atoms with Gasteiger partial charge in [-0.1, -0.05) is 6.07 Å². The quantitative estimate of drug-likeness (QED) is 0.796. The van der Waals surface area contributed by atoms with Gasteiger partial charge in [-0.05, 0) is 54.8 Å². The summed E-state index contributed by atoms with van der Waals surface area (Å²) in [6.45, 7) is 0.485. The molecule has 4 rings (SSSR count). The second kappa shape index (κ2) is 5.39. The average molecular weight is 296 g/mol. The second-order valence-corrected chi connectivity index (χ2v) is 5.38. The van der Waals surface area contributed by atoms with Gasteiger partial charge in [0.1, 0.15) is 11.3 Å². The van der Waals surface area contributed by atoms with Crippen molar-refractivity contribution in [1.82, 2.24) is 0 Å². The maximum atomic E-state index is 8.93. The lowest BCUT2D eigenvalue weighted by Crippen LogP contribution is -1.92. The van der Waals surface area contributed by atoms with Gasteiger partial charge < -0.3 is 19.0 Å². The van der Waals surface area contributed by atoms with Crippen molar-refractivity contribution in [3.05, 3.63) is 48.0 Å². The van der Waals surface area contributed by atoms with Crippen molar-refractivity contribution < 1.29 is 19.0 Å². The number of furan rings is 1. The Morgan fingerprint density at radius 2 is 1.86 bits per heavy atom. The molecule has 4 nitrogen and oxygen atoms in total. The molecule has 0 aliphatic carbocycles. The monoisotopic (exact) mass is 296 g/mol. The topological polar surface area (TPSA) is 51.8 Å². The maximum absolute atomic E-state index is 8.93. The molecule has 0 saturated carbocycles. The number of aryl methyl sites for hydroxylation is 1. The van der Waals surface area contributed by atoms with E-state index in [-0.39, 0.29) is 13.4 Å². The predicted molar refractivity (Wildman–Crippen MR) is 83.2 cm³/mol. The highest BCUT2D eigenvalue weighted by Gasteiger charge is 2.15. The lowest BCUT2D eigenvalue weighted by molar-refractivity contribution is 0.174. The number of rotatable bonds is 4. The fourth-order valence-electron chi connectivity index (χ4n) is 2.72. The molecule has 0 bridgehead atoms. The molecule has 3 aromatic rings. The Hall–Kier alpha value is -2.46. The van der Waals surface area contributed by atoms with Crippen molar-refractivity contribution in [2.24, 2.45) is 0 Å². The van der Waals surface area contributed by atoms with Crippen LogP contribution in [0.5, 0.6) is 11.5 Å². The fourth-order valence-corrected chi connectivity index (χ4v) is 2.72. The molecule has 0 unspecified atom stereocenters. The molecule has 2 aromatic carbocycles. The Morgan fingerprint density at radius 1 is 0.955 bits per heavy atom. The van der Waals surface area contributed by atoms with Crippen LogP contribution in [0.2, 0.25) is 0 Å². The molecule has 1 aliphatic rings. The van der Waals surface area contributed by atoms with Crippen LogP contribution in [0.1, 0.15) is 12.0 Å². The minimum Gasteiger partial charge on any atom is -0.456 e. The third-order valence-corrected chi connectivity index (χ3v) is 3.86. The summed E-state index contributed by atoms with van der Waals surface area (Å²) in [4.78, 5) is 0. The Kier molecular flexibility index (Phi) is 3.24. The zero-order valence-electron chi connectivity index (χ0n) is 12.0. The molecule has 0 amide bonds. The van der Waals surface area contributed by atoms with E-state index >= 15 is 0 Å². The van der Waals surface area contributed by atoms with Crippen molar-refractivity contribution in [3.63, 3.8) is 0 Å². The van der Waals surface area contributed by atoms with Gasteiger partial charge in [0.25, 0.3) is 0 Å². The summed E-state index contributed by atoms with van der Waals surface area (Å²) in [5.41, 5.74) is 3.04. The fraction of sp³-hybridized carbons (Fsp3) is 0.222. The first kappa shape index (κ1) is 13.2. The smallest absolute Gasteiger partial charge is 0.231 e. The molecule has 22 heavy (non-hydrogen) atoms. The Morgan fingerprint density at radius 3 is 2.77 bits per heavy atom. The van der Waals surface area contributed by atoms with Crippen LogP contribution in [-0.2, 0) is 6.42 Å². The van der Waals surface area contributed by atoms with Crippen LogP contribution >= 0.6 is 0 Å². The SMILES string of the molecule is OCCCc1ccc2oc(-c3ccc4c(c3)OCO4)cc2c1. The van der Waals surface area contributed by atoms with Gasteiger partial charge in [-0.25, -0.2) is 0 Å². The second-order valence-electron chi connectivity index (χ2n) is 5.38. The number of aliphatic hydroxyl groups excluding tert-OH is 1. The molecule has 0 fully saturated rings. The van der Waals surface area contributed by atoms with E-state index in [1.54, 1.807) is 0 Å². The third kappa shape index (κ3) is 2.31. The van der Waals surface area contributed by atoms with Gasteiger partial charge in [0.2, 0.25) is 6.79 Å². The van der Waals surface area contributed by atoms with Gasteiger partial charge in [0.05, 0.1) is 0 Å². The maximum Gasteiger partial charge on any atom is 0.231 e. The van der Waals surface area contributed by atoms with E-state index in [1.807, 2.05) is 36.4 Å². The van der Waals surface area contributed by atoms with Gasteiger partial charge >= 0.3 is 0 Å². The zero-order valence-corrected chi connectivity index (χ0v) is 12.0. The molecule has 0 spiro atoms. The van der Waals surface area contributed by atoms with Crippen LogP contribution in [0.4, 0.5) is 0 Å². The summed E-state index contributed by atoms with van der Waals surface area (Å²) in [7, 11) is 0. The molecule has 1 N–H and O–H groups in total. The Bertz CT molecular complexity index is 819. The van der Waals surface area contributed by atoms with E-state index in [0.29, 0.717) is 0 Å². The zero-order chi connectivity index (χ0) is 14.9. The number of fused-ring (bicyclic) bond motifs is 2. The van der Waals surface area contributed by atoms with Crippen molar-refractivity contribution in [2.45, 2.75) is 12.8 Å². The van der Waals surface area contributed by atoms with Gasteiger partial charge in [0, 0.05) is 17.6 Å². The number of hydrogen-bond donors (Lipinski definition) is 1. The molecular formula is C18H16O4. The molecular weight excluding hydrogens is 280 g/mol. The lowest BCUT2D eigenvalue weighted by Gasteiger charge is -1.99. The molecule has 2 heterocycles. The van der Waals surface area contributed by atoms with Crippen molar-refractivity contribution in [3.8, 4) is 22.8 Å². The van der Waals surface area contributed by atoms with Crippen LogP contribution in [0.25, 0.3) is 22.3 Å². The Balaban J connectivity index is 1.70. The molecule has 4 heteroatoms. The number of aliphatic hydroxyl groups is 1. The van der Waals surface area contributed by atoms with E-state index in [2.05, 4.69) is 6.07 Å². The highest BCUT2D eigenvalue weighted by molar-refractivity contribution is 5.83. The van der Waals surface area contributed by atoms with Crippen molar-refractivity contribution in [1.29, 1.82) is 0 Å². The molecule has 112 valence electrons. The lowest BCUT2D eigenvalue weighted by atomic mass is 10.1. The van der Waals surface area contributed by atoms with Crippen molar-refractivity contribution in [2.75, 3.05) is 13.4 Å². The molecule has 0 atom stereocenters. The first-order valence-electron chi connectivity index (χ1n) is 7.37. The first-order valence-corrected chi connectivity index (χ1v) is 7.37. The van der Waals surface area contributed by atoms with E-state index in [1.165, 1.54) is 5.56 Å². The van der Waals surface area contributed by atoms with Crippen LogP contribution in [0.15, 0.2) is 46.9 Å². The van der Waals surface area contributed by atoms with E-state index in [4.69, 9.17) is 19.0 Å². The minimum atomic E-state index is 0.214. The molecule has 1 aromatic heterocycles. The van der Waals surface area contributed by atoms with Crippen LogP contribution < -0.4 is 9.47 Å². The van der Waals surface area contributed by atoms with Gasteiger partial charge in [-0.3, -0.25) is 0 Å². The molecule has 0 radical (unpaired) electrons. The van der Waals surface area contributed by atoms with E-state index in [9.17, 15) is 0 Å². The number of ether oxygens (including phenoxy) is 2. The summed E-state index contributed by atoms with van der Waals surface area (Å²) in [5.74, 6) is 2.33. The Labute approximate surface area is 127 Å². The van der Waals surface area contributed by atoms with Gasteiger partial charge in [0.15, 0.2) is 11.5 Å². The normalized spacial score (nSPS) is 13.0. The largest absolute Gasteiger partial charge is 0.456 e. The van der Waals surface area contributed by atoms with E-state index in [0.717, 1.165) is 46.6 Å². The minimum absolute atomic E-state index is 0.214. The third-order valence-electron chi connectivity index (χ3n) is 3.86. The van der Waals surface area contributed by atoms with Crippen LogP contribution in [0, 0.1) is 0 Å². The summed E-state index contributed by atoms with van der Waals surface area (Å²) in [5, 5.41) is 10.0. The standard InChI is InChI=1S/C18H16O4/c19-7-1-2-12-3-5-15-14(8-12)10-17(22-15)13-4-6-16-18(9-13)21-11-20-16/h3-6,8-10,19H,1-2,7,11H2. The average Bonchev–Trinajstić information content (AvgIpc) is 3.17. The summed E-state index contributed by atoms with van der Waals surface area (Å²) >= 11 is 0. The summed E-state index contributed by atoms with van der Waals surface area (Å²) in [6, 6.07) is 14.0. The van der Waals surface area contributed by atoms with Crippen molar-refractivity contribution >= 4 is 11.0 Å². The van der Waals surface area contributed by atoms with Crippen LogP contribution in [0.3, 0.4) is 0 Å².